The Labute approximate surface area is 94.3 Å². The minimum Gasteiger partial charge on any atom is -0.504 e. The molecule has 0 bridgehead atoms. The minimum absolute atomic E-state index is 0.296. The normalized spacial score (nSPS) is 12.5. The molecule has 0 saturated carbocycles. The predicted octanol–water partition coefficient (Wildman–Crippen LogP) is 1.28. The lowest BCUT2D eigenvalue weighted by molar-refractivity contribution is -0.138. The van der Waals surface area contributed by atoms with Gasteiger partial charge in [0.05, 0.1) is 5.02 Å². The van der Waals surface area contributed by atoms with Crippen molar-refractivity contribution in [3.8, 4) is 5.75 Å². The van der Waals surface area contributed by atoms with Crippen molar-refractivity contribution in [1.82, 2.24) is 0 Å². The van der Waals surface area contributed by atoms with Crippen molar-refractivity contribution >= 4 is 17.6 Å². The monoisotopic (exact) mass is 251 g/mol. The summed E-state index contributed by atoms with van der Waals surface area (Å²) in [4.78, 5) is 10.4. The second-order valence-corrected chi connectivity index (χ2v) is 3.55. The van der Waals surface area contributed by atoms with Crippen LogP contribution in [0.4, 0.5) is 8.78 Å². The average molecular weight is 252 g/mol. The third-order valence-electron chi connectivity index (χ3n) is 1.97. The Kier molecular flexibility index (Phi) is 3.66. The third-order valence-corrected chi connectivity index (χ3v) is 2.25. The molecule has 1 atom stereocenters. The highest BCUT2D eigenvalue weighted by Gasteiger charge is 2.21. The molecule has 0 aliphatic heterocycles. The van der Waals surface area contributed by atoms with Crippen LogP contribution in [0.15, 0.2) is 6.07 Å². The van der Waals surface area contributed by atoms with Crippen molar-refractivity contribution in [2.24, 2.45) is 5.73 Å². The first-order chi connectivity index (χ1) is 7.34. The minimum atomic E-state index is -1.51. The lowest BCUT2D eigenvalue weighted by Gasteiger charge is -2.09. The lowest BCUT2D eigenvalue weighted by Crippen LogP contribution is -2.32. The molecule has 7 heteroatoms. The maximum Gasteiger partial charge on any atom is 0.320 e. The number of aromatic hydroxyl groups is 1. The Balaban J connectivity index is 3.11. The highest BCUT2D eigenvalue weighted by Crippen LogP contribution is 2.30. The van der Waals surface area contributed by atoms with E-state index in [2.05, 4.69) is 0 Å². The Morgan fingerprint density at radius 1 is 1.50 bits per heavy atom. The molecule has 4 nitrogen and oxygen atoms in total. The molecule has 0 aromatic heterocycles. The largest absolute Gasteiger partial charge is 0.504 e. The van der Waals surface area contributed by atoms with Crippen LogP contribution >= 0.6 is 11.6 Å². The standard InChI is InChI=1S/C9H8ClF2NO3/c10-4-1-3(2-5(13)9(15)16)6(11)7(12)8(4)14/h1,5,14H,2,13H2,(H,15,16). The number of rotatable bonds is 3. The van der Waals surface area contributed by atoms with E-state index in [9.17, 15) is 13.6 Å². The number of halogens is 3. The van der Waals surface area contributed by atoms with Gasteiger partial charge in [-0.3, -0.25) is 4.79 Å². The van der Waals surface area contributed by atoms with E-state index in [-0.39, 0.29) is 5.56 Å². The second-order valence-electron chi connectivity index (χ2n) is 3.14. The van der Waals surface area contributed by atoms with Crippen LogP contribution in [0.5, 0.6) is 5.75 Å². The summed E-state index contributed by atoms with van der Waals surface area (Å²) in [6.07, 6.45) is -0.419. The number of aliphatic carboxylic acids is 1. The number of benzene rings is 1. The van der Waals surface area contributed by atoms with Crippen LogP contribution in [0.1, 0.15) is 5.56 Å². The second kappa shape index (κ2) is 4.63. The topological polar surface area (TPSA) is 83.5 Å². The van der Waals surface area contributed by atoms with E-state index in [1.807, 2.05) is 0 Å². The highest BCUT2D eigenvalue weighted by atomic mass is 35.5. The molecule has 16 heavy (non-hydrogen) atoms. The van der Waals surface area contributed by atoms with Gasteiger partial charge in [-0.2, -0.15) is 4.39 Å². The van der Waals surface area contributed by atoms with Gasteiger partial charge in [0.1, 0.15) is 6.04 Å². The first kappa shape index (κ1) is 12.7. The van der Waals surface area contributed by atoms with Crippen LogP contribution in [0.2, 0.25) is 5.02 Å². The summed E-state index contributed by atoms with van der Waals surface area (Å²) in [6, 6.07) is -0.424. The van der Waals surface area contributed by atoms with E-state index < -0.39 is 40.8 Å². The predicted molar refractivity (Wildman–Crippen MR) is 52.3 cm³/mol. The van der Waals surface area contributed by atoms with Gasteiger partial charge in [-0.15, -0.1) is 0 Å². The summed E-state index contributed by atoms with van der Waals surface area (Å²) in [5.74, 6) is -5.21. The maximum atomic E-state index is 13.2. The molecular formula is C9H8ClF2NO3. The molecule has 0 aliphatic rings. The molecule has 0 amide bonds. The summed E-state index contributed by atoms with van der Waals surface area (Å²) < 4.78 is 26.2. The van der Waals surface area contributed by atoms with Crippen LogP contribution in [0.25, 0.3) is 0 Å². The molecule has 1 aromatic carbocycles. The van der Waals surface area contributed by atoms with Crippen LogP contribution in [-0.4, -0.2) is 22.2 Å². The fraction of sp³-hybridized carbons (Fsp3) is 0.222. The Morgan fingerprint density at radius 2 is 2.06 bits per heavy atom. The molecule has 0 fully saturated rings. The van der Waals surface area contributed by atoms with Crippen molar-refractivity contribution in [3.63, 3.8) is 0 Å². The van der Waals surface area contributed by atoms with Crippen molar-refractivity contribution in [1.29, 1.82) is 0 Å². The summed E-state index contributed by atoms with van der Waals surface area (Å²) in [6.45, 7) is 0. The van der Waals surface area contributed by atoms with Crippen molar-refractivity contribution < 1.29 is 23.8 Å². The summed E-state index contributed by atoms with van der Waals surface area (Å²) in [5, 5.41) is 17.1. The van der Waals surface area contributed by atoms with Crippen molar-refractivity contribution in [2.45, 2.75) is 12.5 Å². The zero-order chi connectivity index (χ0) is 12.5. The smallest absolute Gasteiger partial charge is 0.320 e. The van der Waals surface area contributed by atoms with E-state index in [0.29, 0.717) is 0 Å². The zero-order valence-corrected chi connectivity index (χ0v) is 8.63. The number of carboxylic acids is 1. The first-order valence-corrected chi connectivity index (χ1v) is 4.56. The Hall–Kier alpha value is -1.40. The number of phenolic OH excluding ortho intramolecular Hbond substituents is 1. The molecule has 4 N–H and O–H groups in total. The van der Waals surface area contributed by atoms with Gasteiger partial charge in [-0.1, -0.05) is 11.6 Å². The lowest BCUT2D eigenvalue weighted by atomic mass is 10.1. The number of hydrogen-bond donors (Lipinski definition) is 3. The number of carbonyl (C=O) groups is 1. The van der Waals surface area contributed by atoms with Crippen LogP contribution in [0, 0.1) is 11.6 Å². The summed E-state index contributed by atoms with van der Waals surface area (Å²) >= 11 is 5.41. The first-order valence-electron chi connectivity index (χ1n) is 4.18. The molecular weight excluding hydrogens is 244 g/mol. The van der Waals surface area contributed by atoms with Gasteiger partial charge in [-0.25, -0.2) is 4.39 Å². The highest BCUT2D eigenvalue weighted by molar-refractivity contribution is 6.32. The molecule has 0 spiro atoms. The molecule has 0 heterocycles. The van der Waals surface area contributed by atoms with E-state index in [4.69, 9.17) is 27.5 Å². The van der Waals surface area contributed by atoms with E-state index in [0.717, 1.165) is 6.07 Å². The van der Waals surface area contributed by atoms with Gasteiger partial charge in [0.15, 0.2) is 11.6 Å². The van der Waals surface area contributed by atoms with Gasteiger partial charge in [0.25, 0.3) is 0 Å². The van der Waals surface area contributed by atoms with E-state index in [1.165, 1.54) is 0 Å². The molecule has 0 saturated heterocycles. The number of phenols is 1. The number of hydrogen-bond acceptors (Lipinski definition) is 3. The molecule has 88 valence electrons. The van der Waals surface area contributed by atoms with E-state index in [1.54, 1.807) is 0 Å². The Bertz CT molecular complexity index is 439. The average Bonchev–Trinajstić information content (AvgIpc) is 2.22. The van der Waals surface area contributed by atoms with Gasteiger partial charge < -0.3 is 15.9 Å². The van der Waals surface area contributed by atoms with Crippen LogP contribution in [-0.2, 0) is 11.2 Å². The molecule has 1 rings (SSSR count). The quantitative estimate of drug-likeness (QED) is 0.707. The number of nitrogens with two attached hydrogens (primary N) is 1. The van der Waals surface area contributed by atoms with Crippen molar-refractivity contribution in [3.05, 3.63) is 28.3 Å². The van der Waals surface area contributed by atoms with E-state index >= 15 is 0 Å². The fourth-order valence-electron chi connectivity index (χ4n) is 1.11. The zero-order valence-electron chi connectivity index (χ0n) is 7.88. The van der Waals surface area contributed by atoms with Crippen molar-refractivity contribution in [2.75, 3.05) is 0 Å². The maximum absolute atomic E-state index is 13.2. The molecule has 1 unspecified atom stereocenters. The molecule has 0 radical (unpaired) electrons. The van der Waals surface area contributed by atoms with Gasteiger partial charge in [0.2, 0.25) is 5.82 Å². The van der Waals surface area contributed by atoms with Gasteiger partial charge >= 0.3 is 5.97 Å². The SMILES string of the molecule is NC(Cc1cc(Cl)c(O)c(F)c1F)C(=O)O. The summed E-state index contributed by atoms with van der Waals surface area (Å²) in [5.41, 5.74) is 4.87. The molecule has 0 aliphatic carbocycles. The fourth-order valence-corrected chi connectivity index (χ4v) is 1.32. The van der Waals surface area contributed by atoms with Crippen LogP contribution < -0.4 is 5.73 Å². The van der Waals surface area contributed by atoms with Crippen LogP contribution in [0.3, 0.4) is 0 Å². The molecule has 1 aromatic rings. The van der Waals surface area contributed by atoms with Gasteiger partial charge in [0, 0.05) is 6.42 Å². The number of carboxylic acid groups (broad SMARTS) is 1. The third kappa shape index (κ3) is 2.40. The summed E-state index contributed by atoms with van der Waals surface area (Å²) in [7, 11) is 0. The Morgan fingerprint density at radius 3 is 2.56 bits per heavy atom. The van der Waals surface area contributed by atoms with Gasteiger partial charge in [-0.05, 0) is 11.6 Å².